The fraction of sp³-hybridized carbons (Fsp3) is 0.154. The molecule has 0 bridgehead atoms. The summed E-state index contributed by atoms with van der Waals surface area (Å²) in [5.74, 6) is 0.363. The van der Waals surface area contributed by atoms with Crippen LogP contribution in [0.2, 0.25) is 5.02 Å². The molecule has 178 valence electrons. The highest BCUT2D eigenvalue weighted by Gasteiger charge is 2.31. The molecule has 1 aromatic heterocycles. The zero-order valence-corrected chi connectivity index (χ0v) is 19.5. The fourth-order valence-corrected chi connectivity index (χ4v) is 4.31. The lowest BCUT2D eigenvalue weighted by atomic mass is 10.0. The van der Waals surface area contributed by atoms with E-state index in [-0.39, 0.29) is 28.7 Å². The van der Waals surface area contributed by atoms with Crippen LogP contribution in [0.15, 0.2) is 71.5 Å². The van der Waals surface area contributed by atoms with E-state index in [4.69, 9.17) is 21.1 Å². The molecule has 1 amide bonds. The first kappa shape index (κ1) is 22.7. The molecular weight excluding hydrogens is 473 g/mol. The van der Waals surface area contributed by atoms with Crippen LogP contribution in [0, 0.1) is 5.82 Å². The molecule has 0 fully saturated rings. The van der Waals surface area contributed by atoms with Gasteiger partial charge in [-0.3, -0.25) is 9.59 Å². The third-order valence-electron chi connectivity index (χ3n) is 5.61. The molecule has 4 aromatic rings. The number of fused-ring (bicyclic) bond motifs is 2. The van der Waals surface area contributed by atoms with Crippen molar-refractivity contribution in [2.45, 2.75) is 19.9 Å². The highest BCUT2D eigenvalue weighted by Crippen LogP contribution is 2.42. The zero-order chi connectivity index (χ0) is 24.5. The van der Waals surface area contributed by atoms with Crippen LogP contribution in [-0.2, 0) is 17.8 Å². The van der Waals surface area contributed by atoms with Crippen molar-refractivity contribution in [1.29, 1.82) is 0 Å². The molecule has 0 aliphatic carbocycles. The summed E-state index contributed by atoms with van der Waals surface area (Å²) in [4.78, 5) is 26.6. The number of ether oxygens (including phenoxy) is 2. The van der Waals surface area contributed by atoms with Crippen LogP contribution >= 0.6 is 11.6 Å². The van der Waals surface area contributed by atoms with Crippen LogP contribution in [0.25, 0.3) is 5.69 Å². The minimum Gasteiger partial charge on any atom is -0.490 e. The van der Waals surface area contributed by atoms with E-state index >= 15 is 0 Å². The van der Waals surface area contributed by atoms with Crippen LogP contribution in [0.4, 0.5) is 10.1 Å². The Morgan fingerprint density at radius 3 is 2.69 bits per heavy atom. The van der Waals surface area contributed by atoms with Crippen molar-refractivity contribution in [3.8, 4) is 23.1 Å². The Morgan fingerprint density at radius 2 is 1.94 bits per heavy atom. The summed E-state index contributed by atoms with van der Waals surface area (Å²) in [6, 6.07) is 18.2. The summed E-state index contributed by atoms with van der Waals surface area (Å²) in [5.41, 5.74) is 1.81. The van der Waals surface area contributed by atoms with E-state index < -0.39 is 11.7 Å². The summed E-state index contributed by atoms with van der Waals surface area (Å²) in [6.45, 7) is 2.07. The van der Waals surface area contributed by atoms with Gasteiger partial charge in [0, 0.05) is 12.0 Å². The van der Waals surface area contributed by atoms with Crippen LogP contribution in [-0.4, -0.2) is 21.9 Å². The minimum absolute atomic E-state index is 0.0693. The molecule has 1 aliphatic heterocycles. The van der Waals surface area contributed by atoms with Gasteiger partial charge in [0.1, 0.15) is 12.4 Å². The third-order valence-corrected chi connectivity index (χ3v) is 5.92. The van der Waals surface area contributed by atoms with Gasteiger partial charge in [-0.25, -0.2) is 13.8 Å². The summed E-state index contributed by atoms with van der Waals surface area (Å²) < 4.78 is 28.3. The van der Waals surface area contributed by atoms with Crippen LogP contribution in [0.1, 0.15) is 18.1 Å². The van der Waals surface area contributed by atoms with Gasteiger partial charge in [-0.05, 0) is 43.3 Å². The summed E-state index contributed by atoms with van der Waals surface area (Å²) in [5, 5.41) is 2.75. The van der Waals surface area contributed by atoms with E-state index in [9.17, 15) is 14.0 Å². The number of carbonyl (C=O) groups excluding carboxylic acids is 1. The van der Waals surface area contributed by atoms with Crippen molar-refractivity contribution < 1.29 is 18.7 Å². The number of para-hydroxylation sites is 2. The Morgan fingerprint density at radius 1 is 1.14 bits per heavy atom. The molecule has 35 heavy (non-hydrogen) atoms. The number of hydrogen-bond acceptors (Lipinski definition) is 4. The smallest absolute Gasteiger partial charge is 0.278 e. The number of nitrogens with one attached hydrogen (secondary N) is 1. The molecule has 7 nitrogen and oxygen atoms in total. The van der Waals surface area contributed by atoms with Gasteiger partial charge < -0.3 is 14.8 Å². The average molecular weight is 494 g/mol. The van der Waals surface area contributed by atoms with Gasteiger partial charge in [-0.2, -0.15) is 0 Å². The number of nitrogens with zero attached hydrogens (tertiary/aromatic N) is 2. The molecule has 5 rings (SSSR count). The maximum Gasteiger partial charge on any atom is 0.278 e. The standard InChI is InChI=1S/C26H21ClFN3O4/c1-2-34-22-10-6-7-16-13-19-25(33)31(18-8-4-3-5-9-18)30(26(19)35-24(16)22)15-23(32)29-21-12-11-17(28)14-20(21)27/h3-12,14H,2,13,15H2,1H3,(H,29,32). The highest BCUT2D eigenvalue weighted by molar-refractivity contribution is 6.33. The number of amides is 1. The second kappa shape index (κ2) is 9.31. The first-order chi connectivity index (χ1) is 17.0. The molecule has 9 heteroatoms. The monoisotopic (exact) mass is 493 g/mol. The molecule has 0 unspecified atom stereocenters. The van der Waals surface area contributed by atoms with Crippen molar-refractivity contribution in [2.75, 3.05) is 11.9 Å². The van der Waals surface area contributed by atoms with E-state index in [0.717, 1.165) is 11.6 Å². The van der Waals surface area contributed by atoms with Gasteiger partial charge >= 0.3 is 0 Å². The number of anilines is 1. The van der Waals surface area contributed by atoms with Crippen molar-refractivity contribution in [3.05, 3.63) is 99.1 Å². The Balaban J connectivity index is 1.58. The van der Waals surface area contributed by atoms with E-state index in [1.165, 1.54) is 21.5 Å². The molecule has 0 radical (unpaired) electrons. The fourth-order valence-electron chi connectivity index (χ4n) is 4.10. The number of rotatable bonds is 6. The first-order valence-electron chi connectivity index (χ1n) is 11.0. The number of hydrogen-bond donors (Lipinski definition) is 1. The minimum atomic E-state index is -0.512. The van der Waals surface area contributed by atoms with Gasteiger partial charge in [0.25, 0.3) is 5.56 Å². The SMILES string of the molecule is CCOc1cccc2c1Oc1c(c(=O)n(-c3ccccc3)n1CC(=O)Nc1ccc(F)cc1Cl)C2. The van der Waals surface area contributed by atoms with E-state index in [2.05, 4.69) is 5.32 Å². The average Bonchev–Trinajstić information content (AvgIpc) is 3.11. The molecule has 1 N–H and O–H groups in total. The van der Waals surface area contributed by atoms with Crippen molar-refractivity contribution in [3.63, 3.8) is 0 Å². The Labute approximate surface area is 205 Å². The van der Waals surface area contributed by atoms with Gasteiger partial charge in [-0.1, -0.05) is 41.9 Å². The molecule has 0 saturated carbocycles. The molecule has 2 heterocycles. The Kier molecular flexibility index (Phi) is 6.05. The molecule has 0 spiro atoms. The molecule has 0 saturated heterocycles. The maximum atomic E-state index is 13.5. The molecule has 3 aromatic carbocycles. The van der Waals surface area contributed by atoms with Gasteiger partial charge in [0.15, 0.2) is 11.5 Å². The van der Waals surface area contributed by atoms with Gasteiger partial charge in [0.2, 0.25) is 11.8 Å². The first-order valence-corrected chi connectivity index (χ1v) is 11.4. The lowest BCUT2D eigenvalue weighted by molar-refractivity contribution is -0.117. The Hall–Kier alpha value is -4.04. The summed E-state index contributed by atoms with van der Waals surface area (Å²) in [7, 11) is 0. The van der Waals surface area contributed by atoms with Crippen LogP contribution in [0.3, 0.4) is 0 Å². The van der Waals surface area contributed by atoms with Crippen molar-refractivity contribution in [2.24, 2.45) is 0 Å². The molecule has 0 atom stereocenters. The largest absolute Gasteiger partial charge is 0.490 e. The number of carbonyl (C=O) groups is 1. The number of benzene rings is 3. The van der Waals surface area contributed by atoms with E-state index in [1.807, 2.05) is 25.1 Å². The van der Waals surface area contributed by atoms with Crippen LogP contribution in [0.5, 0.6) is 17.4 Å². The summed E-state index contributed by atoms with van der Waals surface area (Å²) in [6.07, 6.45) is 0.329. The third kappa shape index (κ3) is 4.28. The van der Waals surface area contributed by atoms with Crippen molar-refractivity contribution in [1.82, 2.24) is 9.36 Å². The predicted molar refractivity (Wildman–Crippen MR) is 131 cm³/mol. The lowest BCUT2D eigenvalue weighted by Crippen LogP contribution is -2.27. The van der Waals surface area contributed by atoms with Crippen molar-refractivity contribution >= 4 is 23.2 Å². The highest BCUT2D eigenvalue weighted by atomic mass is 35.5. The van der Waals surface area contributed by atoms with Gasteiger partial charge in [-0.15, -0.1) is 0 Å². The number of halogens is 2. The topological polar surface area (TPSA) is 74.5 Å². The normalized spacial score (nSPS) is 11.9. The zero-order valence-electron chi connectivity index (χ0n) is 18.8. The van der Waals surface area contributed by atoms with E-state index in [0.29, 0.717) is 35.8 Å². The van der Waals surface area contributed by atoms with Gasteiger partial charge in [0.05, 0.1) is 28.6 Å². The number of aromatic nitrogens is 2. The lowest BCUT2D eigenvalue weighted by Gasteiger charge is -2.21. The Bertz CT molecular complexity index is 1480. The summed E-state index contributed by atoms with van der Waals surface area (Å²) >= 11 is 6.07. The molecule has 1 aliphatic rings. The second-order valence-corrected chi connectivity index (χ2v) is 8.33. The molecular formula is C26H21ClFN3O4. The van der Waals surface area contributed by atoms with Crippen LogP contribution < -0.4 is 20.3 Å². The quantitative estimate of drug-likeness (QED) is 0.354. The predicted octanol–water partition coefficient (Wildman–Crippen LogP) is 5.17. The second-order valence-electron chi connectivity index (χ2n) is 7.92. The maximum absolute atomic E-state index is 13.5. The van der Waals surface area contributed by atoms with E-state index in [1.54, 1.807) is 30.3 Å².